The topological polar surface area (TPSA) is 63.4 Å². The number of nitrogens with zero attached hydrogens (tertiary/aromatic N) is 1. The van der Waals surface area contributed by atoms with Crippen LogP contribution in [0.5, 0.6) is 0 Å². The average Bonchev–Trinajstić information content (AvgIpc) is 2.60. The van der Waals surface area contributed by atoms with E-state index in [1.807, 2.05) is 13.0 Å². The van der Waals surface area contributed by atoms with Gasteiger partial charge in [-0.25, -0.2) is 8.42 Å². The van der Waals surface area contributed by atoms with Crippen molar-refractivity contribution in [3.8, 4) is 0 Å². The van der Waals surface area contributed by atoms with Gasteiger partial charge in [0.05, 0.1) is 11.4 Å². The smallest absolute Gasteiger partial charge is 0.235 e. The van der Waals surface area contributed by atoms with Crippen LogP contribution >= 0.6 is 0 Å². The van der Waals surface area contributed by atoms with Crippen molar-refractivity contribution in [2.45, 2.75) is 19.8 Å². The summed E-state index contributed by atoms with van der Waals surface area (Å²) in [4.78, 5) is 0. The van der Waals surface area contributed by atoms with E-state index in [1.165, 1.54) is 4.31 Å². The number of nitrogen functional groups attached to an aromatic ring is 1. The number of sulfonamides is 1. The van der Waals surface area contributed by atoms with Crippen LogP contribution in [0.15, 0.2) is 18.2 Å². The molecule has 0 bridgehead atoms. The summed E-state index contributed by atoms with van der Waals surface area (Å²) >= 11 is 0. The van der Waals surface area contributed by atoms with Gasteiger partial charge in [0, 0.05) is 12.2 Å². The van der Waals surface area contributed by atoms with Crippen LogP contribution in [0.4, 0.5) is 11.4 Å². The van der Waals surface area contributed by atoms with Crippen LogP contribution in [0, 0.1) is 0 Å². The van der Waals surface area contributed by atoms with Gasteiger partial charge in [0.15, 0.2) is 0 Å². The molecule has 16 heavy (non-hydrogen) atoms. The molecular formula is C11H16N2O2S. The minimum absolute atomic E-state index is 0.205. The van der Waals surface area contributed by atoms with Crippen LogP contribution in [-0.2, 0) is 16.4 Å². The molecule has 0 spiro atoms. The molecule has 1 aromatic carbocycles. The Morgan fingerprint density at radius 2 is 2.19 bits per heavy atom. The molecule has 0 fully saturated rings. The summed E-state index contributed by atoms with van der Waals surface area (Å²) in [7, 11) is -3.14. The molecule has 0 atom stereocenters. The first-order valence-corrected chi connectivity index (χ1v) is 7.04. The third kappa shape index (κ3) is 1.87. The largest absolute Gasteiger partial charge is 0.399 e. The number of nitrogens with two attached hydrogens (primary N) is 1. The highest BCUT2D eigenvalue weighted by Crippen LogP contribution is 2.31. The number of hydrogen-bond acceptors (Lipinski definition) is 3. The summed E-state index contributed by atoms with van der Waals surface area (Å²) in [5, 5.41) is 0. The number of hydrogen-bond donors (Lipinski definition) is 1. The second-order valence-electron chi connectivity index (χ2n) is 4.03. The van der Waals surface area contributed by atoms with Gasteiger partial charge in [0.1, 0.15) is 0 Å². The molecule has 0 radical (unpaired) electrons. The molecule has 5 heteroatoms. The fourth-order valence-electron chi connectivity index (χ4n) is 2.05. The van der Waals surface area contributed by atoms with Crippen molar-refractivity contribution in [3.63, 3.8) is 0 Å². The minimum Gasteiger partial charge on any atom is -0.399 e. The molecule has 0 unspecified atom stereocenters. The highest BCUT2D eigenvalue weighted by Gasteiger charge is 2.28. The maximum Gasteiger partial charge on any atom is 0.235 e. The molecule has 2 rings (SSSR count). The first-order chi connectivity index (χ1) is 7.54. The van der Waals surface area contributed by atoms with Gasteiger partial charge in [0.2, 0.25) is 10.0 Å². The highest BCUT2D eigenvalue weighted by atomic mass is 32.2. The third-order valence-corrected chi connectivity index (χ3v) is 4.73. The molecule has 1 aliphatic rings. The van der Waals surface area contributed by atoms with Gasteiger partial charge in [-0.2, -0.15) is 0 Å². The van der Waals surface area contributed by atoms with Gasteiger partial charge in [-0.05, 0) is 36.6 Å². The predicted octanol–water partition coefficient (Wildman–Crippen LogP) is 1.37. The highest BCUT2D eigenvalue weighted by molar-refractivity contribution is 7.92. The van der Waals surface area contributed by atoms with E-state index in [0.29, 0.717) is 18.7 Å². The molecule has 88 valence electrons. The monoisotopic (exact) mass is 240 g/mol. The van der Waals surface area contributed by atoms with Crippen molar-refractivity contribution in [3.05, 3.63) is 23.8 Å². The number of anilines is 2. The first-order valence-electron chi connectivity index (χ1n) is 5.43. The van der Waals surface area contributed by atoms with Crippen LogP contribution in [0.3, 0.4) is 0 Å². The maximum atomic E-state index is 12.0. The van der Waals surface area contributed by atoms with Gasteiger partial charge in [-0.15, -0.1) is 0 Å². The first kappa shape index (κ1) is 11.3. The molecule has 1 aliphatic heterocycles. The van der Waals surface area contributed by atoms with E-state index in [4.69, 9.17) is 5.73 Å². The summed E-state index contributed by atoms with van der Waals surface area (Å²) in [5.41, 5.74) is 8.19. The normalized spacial score (nSPS) is 15.2. The van der Waals surface area contributed by atoms with Crippen LogP contribution in [-0.4, -0.2) is 20.7 Å². The zero-order valence-corrected chi connectivity index (χ0v) is 10.1. The second-order valence-corrected chi connectivity index (χ2v) is 6.04. The van der Waals surface area contributed by atoms with Crippen molar-refractivity contribution < 1.29 is 8.42 Å². The Hall–Kier alpha value is -1.23. The number of fused-ring (bicyclic) bond motifs is 1. The fourth-order valence-corrected chi connectivity index (χ4v) is 3.63. The van der Waals surface area contributed by atoms with Crippen LogP contribution in [0.1, 0.15) is 18.9 Å². The Balaban J connectivity index is 2.37. The number of rotatable bonds is 3. The van der Waals surface area contributed by atoms with E-state index in [2.05, 4.69) is 0 Å². The molecule has 0 aromatic heterocycles. The Morgan fingerprint density at radius 3 is 2.88 bits per heavy atom. The molecule has 0 saturated heterocycles. The van der Waals surface area contributed by atoms with Gasteiger partial charge in [-0.1, -0.05) is 6.92 Å². The van der Waals surface area contributed by atoms with Crippen LogP contribution < -0.4 is 10.0 Å². The standard InChI is InChI=1S/C11H16N2O2S/c1-2-7-16(14,15)13-6-5-9-8-10(12)3-4-11(9)13/h3-4,8H,2,5-7,12H2,1H3. The average molecular weight is 240 g/mol. The quantitative estimate of drug-likeness (QED) is 0.812. The summed E-state index contributed by atoms with van der Waals surface area (Å²) in [5.74, 6) is 0.205. The van der Waals surface area contributed by atoms with Gasteiger partial charge < -0.3 is 5.73 Å². The Kier molecular flexibility index (Phi) is 2.80. The molecule has 4 nitrogen and oxygen atoms in total. The third-order valence-electron chi connectivity index (χ3n) is 2.75. The van der Waals surface area contributed by atoms with Crippen molar-refractivity contribution in [1.29, 1.82) is 0 Å². The van der Waals surface area contributed by atoms with E-state index in [1.54, 1.807) is 12.1 Å². The van der Waals surface area contributed by atoms with Crippen molar-refractivity contribution in [2.24, 2.45) is 0 Å². The summed E-state index contributed by atoms with van der Waals surface area (Å²) in [6.45, 7) is 2.42. The summed E-state index contributed by atoms with van der Waals surface area (Å²) < 4.78 is 25.5. The van der Waals surface area contributed by atoms with Crippen molar-refractivity contribution in [1.82, 2.24) is 0 Å². The van der Waals surface area contributed by atoms with Crippen LogP contribution in [0.25, 0.3) is 0 Å². The maximum absolute atomic E-state index is 12.0. The molecular weight excluding hydrogens is 224 g/mol. The zero-order chi connectivity index (χ0) is 11.8. The Morgan fingerprint density at radius 1 is 1.44 bits per heavy atom. The lowest BCUT2D eigenvalue weighted by atomic mass is 10.1. The molecule has 0 aliphatic carbocycles. The summed E-state index contributed by atoms with van der Waals surface area (Å²) in [6.07, 6.45) is 1.40. The van der Waals surface area contributed by atoms with E-state index in [9.17, 15) is 8.42 Å². The van der Waals surface area contributed by atoms with Crippen molar-refractivity contribution in [2.75, 3.05) is 22.3 Å². The number of benzene rings is 1. The fraction of sp³-hybridized carbons (Fsp3) is 0.455. The minimum atomic E-state index is -3.14. The predicted molar refractivity (Wildman–Crippen MR) is 66.0 cm³/mol. The molecule has 1 aromatic rings. The molecule has 0 amide bonds. The van der Waals surface area contributed by atoms with Crippen LogP contribution in [0.2, 0.25) is 0 Å². The summed E-state index contributed by atoms with van der Waals surface area (Å²) in [6, 6.07) is 5.40. The molecule has 0 saturated carbocycles. The lowest BCUT2D eigenvalue weighted by Gasteiger charge is -2.19. The van der Waals surface area contributed by atoms with Gasteiger partial charge >= 0.3 is 0 Å². The van der Waals surface area contributed by atoms with E-state index >= 15 is 0 Å². The lowest BCUT2D eigenvalue weighted by Crippen LogP contribution is -2.31. The van der Waals surface area contributed by atoms with E-state index in [-0.39, 0.29) is 5.75 Å². The van der Waals surface area contributed by atoms with Gasteiger partial charge in [-0.3, -0.25) is 4.31 Å². The molecule has 1 heterocycles. The van der Waals surface area contributed by atoms with E-state index < -0.39 is 10.0 Å². The van der Waals surface area contributed by atoms with Crippen molar-refractivity contribution >= 4 is 21.4 Å². The lowest BCUT2D eigenvalue weighted by molar-refractivity contribution is 0.591. The Bertz CT molecular complexity index is 497. The molecule has 2 N–H and O–H groups in total. The Labute approximate surface area is 96.1 Å². The second kappa shape index (κ2) is 3.97. The zero-order valence-electron chi connectivity index (χ0n) is 9.31. The van der Waals surface area contributed by atoms with E-state index in [0.717, 1.165) is 17.7 Å². The van der Waals surface area contributed by atoms with Gasteiger partial charge in [0.25, 0.3) is 0 Å². The SMILES string of the molecule is CCCS(=O)(=O)N1CCc2cc(N)ccc21.